The van der Waals surface area contributed by atoms with E-state index in [2.05, 4.69) is 90.3 Å². The number of benzene rings is 5. The van der Waals surface area contributed by atoms with Crippen molar-refractivity contribution in [3.8, 4) is 22.5 Å². The van der Waals surface area contributed by atoms with Gasteiger partial charge in [-0.1, -0.05) is 130 Å². The number of hydrogen-bond acceptors (Lipinski definition) is 3. The predicted molar refractivity (Wildman–Crippen MR) is 211 cm³/mol. The van der Waals surface area contributed by atoms with Crippen LogP contribution in [-0.2, 0) is 26.5 Å². The summed E-state index contributed by atoms with van der Waals surface area (Å²) in [6, 6.07) is 41.4. The molecule has 50 heavy (non-hydrogen) atoms. The van der Waals surface area contributed by atoms with Gasteiger partial charge in [0.25, 0.3) is 0 Å². The van der Waals surface area contributed by atoms with Gasteiger partial charge in [0.2, 0.25) is 0 Å². The topological polar surface area (TPSA) is 25.8 Å². The van der Waals surface area contributed by atoms with Crippen LogP contribution in [-0.4, -0.2) is 18.0 Å². The fourth-order valence-electron chi connectivity index (χ4n) is 6.08. The van der Waals surface area contributed by atoms with Crippen LogP contribution in [0.25, 0.3) is 64.2 Å². The number of aromatic nitrogens is 2. The van der Waals surface area contributed by atoms with E-state index in [0.29, 0.717) is 5.69 Å². The standard InChI is InChI=1S/C30H23FNS.C14H16NSi.Ir/c1-30(2,3)16-20-15-26(32-17-25(20)31)24-14-19-9-5-6-10-21(19)27-23-13-12-18-8-4-7-11-22(18)28(23)33-29(24)27;1-16(2,3)13-9-10-14(15-11-13)12-7-5-4-6-8-12;/h4-13,15,17H,16H2,1-3H3;4-7,9-11H,1-3H3;/q2*-1;/i16D2;;. The zero-order valence-electron chi connectivity index (χ0n) is 31.0. The number of nitrogens with zero attached hydrogens (tertiary/aromatic N) is 2. The van der Waals surface area contributed by atoms with Gasteiger partial charge in [-0.3, -0.25) is 4.98 Å². The van der Waals surface area contributed by atoms with Crippen molar-refractivity contribution in [3.63, 3.8) is 0 Å². The van der Waals surface area contributed by atoms with Gasteiger partial charge in [0, 0.05) is 39.4 Å². The first-order chi connectivity index (χ1) is 24.2. The van der Waals surface area contributed by atoms with Crippen LogP contribution >= 0.6 is 11.3 Å². The van der Waals surface area contributed by atoms with E-state index in [4.69, 9.17) is 2.74 Å². The van der Waals surface area contributed by atoms with Gasteiger partial charge in [0.15, 0.2) is 0 Å². The first-order valence-corrected chi connectivity index (χ1v) is 20.8. The molecular weight excluding hydrogens is 828 g/mol. The number of pyridine rings is 2. The summed E-state index contributed by atoms with van der Waals surface area (Å²) in [5.41, 5.74) is 2.60. The summed E-state index contributed by atoms with van der Waals surface area (Å²) in [7, 11) is -1.23. The Labute approximate surface area is 315 Å². The number of thiophene rings is 1. The SMILES string of the molecule is C[Si](C)(C)c1ccc(-c2[c-]cccc2)nc1.[2H]C([2H])(c1cc(-c2[c-]c3ccccc3c3c2sc2c4ccccc4ccc23)ncc1F)C(C)(C)C.[Ir]. The van der Waals surface area contributed by atoms with E-state index in [9.17, 15) is 4.39 Å². The molecule has 0 spiro atoms. The van der Waals surface area contributed by atoms with Crippen molar-refractivity contribution in [1.29, 1.82) is 0 Å². The minimum atomic E-state index is -1.87. The van der Waals surface area contributed by atoms with Gasteiger partial charge in [-0.25, -0.2) is 4.39 Å². The summed E-state index contributed by atoms with van der Waals surface area (Å²) in [6.07, 6.45) is 1.29. The van der Waals surface area contributed by atoms with E-state index in [0.717, 1.165) is 43.9 Å². The van der Waals surface area contributed by atoms with Crippen LogP contribution in [0.5, 0.6) is 0 Å². The van der Waals surface area contributed by atoms with E-state index in [-0.39, 0.29) is 25.7 Å². The summed E-state index contributed by atoms with van der Waals surface area (Å²) in [4.78, 5) is 8.95. The van der Waals surface area contributed by atoms with Crippen molar-refractivity contribution in [2.45, 2.75) is 46.8 Å². The molecule has 6 heteroatoms. The van der Waals surface area contributed by atoms with Gasteiger partial charge in [-0.2, -0.15) is 11.3 Å². The smallest absolute Gasteiger partial charge is 0.143 e. The molecule has 0 N–H and O–H groups in total. The molecule has 0 saturated heterocycles. The monoisotopic (exact) mass is 869 g/mol. The van der Waals surface area contributed by atoms with Crippen molar-refractivity contribution in [3.05, 3.63) is 139 Å². The van der Waals surface area contributed by atoms with Gasteiger partial charge in [0.05, 0.1) is 14.3 Å². The molecule has 0 atom stereocenters. The minimum Gasteiger partial charge on any atom is -0.305 e. The third kappa shape index (κ3) is 7.36. The molecule has 0 bridgehead atoms. The normalized spacial score (nSPS) is 12.7. The van der Waals surface area contributed by atoms with Crippen LogP contribution in [0.2, 0.25) is 19.6 Å². The van der Waals surface area contributed by atoms with Gasteiger partial charge in [0.1, 0.15) is 5.82 Å². The molecule has 5 aromatic carbocycles. The first kappa shape index (κ1) is 33.1. The predicted octanol–water partition coefficient (Wildman–Crippen LogP) is 12.0. The van der Waals surface area contributed by atoms with Gasteiger partial charge in [-0.15, -0.1) is 53.4 Å². The van der Waals surface area contributed by atoms with Crippen molar-refractivity contribution in [1.82, 2.24) is 9.97 Å². The largest absolute Gasteiger partial charge is 0.305 e. The average Bonchev–Trinajstić information content (AvgIpc) is 3.52. The quantitative estimate of drug-likeness (QED) is 0.130. The Morgan fingerprint density at radius 2 is 1.50 bits per heavy atom. The Kier molecular flexibility index (Phi) is 9.45. The second-order valence-corrected chi connectivity index (χ2v) is 20.5. The van der Waals surface area contributed by atoms with Gasteiger partial charge in [-0.05, 0) is 49.1 Å². The molecule has 0 aliphatic carbocycles. The maximum atomic E-state index is 14.9. The van der Waals surface area contributed by atoms with E-state index in [1.165, 1.54) is 26.0 Å². The van der Waals surface area contributed by atoms with E-state index in [1.807, 2.05) is 54.7 Å². The van der Waals surface area contributed by atoms with Crippen LogP contribution in [0.1, 0.15) is 29.1 Å². The van der Waals surface area contributed by atoms with Crippen molar-refractivity contribution >= 4 is 66.3 Å². The van der Waals surface area contributed by atoms with Crippen molar-refractivity contribution < 1.29 is 27.2 Å². The number of rotatable bonds is 4. The average molecular weight is 869 g/mol. The molecule has 3 aromatic heterocycles. The molecule has 0 saturated carbocycles. The zero-order valence-corrected chi connectivity index (χ0v) is 33.2. The molecule has 0 aliphatic heterocycles. The Morgan fingerprint density at radius 3 is 2.20 bits per heavy atom. The summed E-state index contributed by atoms with van der Waals surface area (Å²) in [5.74, 6) is -0.631. The van der Waals surface area contributed by atoms with E-state index >= 15 is 0 Å². The van der Waals surface area contributed by atoms with Crippen LogP contribution in [0, 0.1) is 23.4 Å². The Bertz CT molecular complexity index is 2540. The van der Waals surface area contributed by atoms with E-state index in [1.54, 1.807) is 38.2 Å². The molecule has 8 rings (SSSR count). The number of fused-ring (bicyclic) bond motifs is 7. The Balaban J connectivity index is 0.000000230. The molecule has 0 amide bonds. The molecule has 8 aromatic rings. The Hall–Kier alpha value is -4.06. The maximum Gasteiger partial charge on any atom is 0.143 e. The second-order valence-electron chi connectivity index (χ2n) is 14.4. The zero-order chi connectivity index (χ0) is 36.1. The summed E-state index contributed by atoms with van der Waals surface area (Å²) >= 11 is 1.69. The second kappa shape index (κ2) is 14.3. The molecule has 0 fully saturated rings. The summed E-state index contributed by atoms with van der Waals surface area (Å²) < 4.78 is 34.5. The molecule has 1 radical (unpaired) electrons. The third-order valence-electron chi connectivity index (χ3n) is 8.50. The molecule has 2 nitrogen and oxygen atoms in total. The summed E-state index contributed by atoms with van der Waals surface area (Å²) in [6.45, 7) is 12.3. The minimum absolute atomic E-state index is 0. The third-order valence-corrected chi connectivity index (χ3v) is 11.8. The van der Waals surface area contributed by atoms with Gasteiger partial charge >= 0.3 is 0 Å². The van der Waals surface area contributed by atoms with E-state index < -0.39 is 25.7 Å². The fourth-order valence-corrected chi connectivity index (χ4v) is 8.47. The molecule has 253 valence electrons. The maximum absolute atomic E-state index is 14.9. The first-order valence-electron chi connectivity index (χ1n) is 17.5. The fraction of sp³-hybridized carbons (Fsp3) is 0.182. The van der Waals surface area contributed by atoms with Crippen LogP contribution in [0.4, 0.5) is 4.39 Å². The van der Waals surface area contributed by atoms with Gasteiger partial charge < -0.3 is 4.98 Å². The molecular formula is C44H39FIrN2SSi-2. The van der Waals surface area contributed by atoms with Crippen LogP contribution in [0.15, 0.2) is 116 Å². The van der Waals surface area contributed by atoms with Crippen molar-refractivity contribution in [2.24, 2.45) is 5.41 Å². The number of hydrogen-bond donors (Lipinski definition) is 0. The van der Waals surface area contributed by atoms with Crippen LogP contribution in [0.3, 0.4) is 0 Å². The molecule has 3 heterocycles. The molecule has 0 unspecified atom stereocenters. The number of halogens is 1. The van der Waals surface area contributed by atoms with Crippen molar-refractivity contribution in [2.75, 3.05) is 0 Å². The Morgan fingerprint density at radius 1 is 0.780 bits per heavy atom. The summed E-state index contributed by atoms with van der Waals surface area (Å²) in [5, 5.41) is 8.14. The molecule has 0 aliphatic rings. The van der Waals surface area contributed by atoms with Crippen LogP contribution < -0.4 is 5.19 Å².